The maximum Gasteiger partial charge on any atom is 0.254 e. The van der Waals surface area contributed by atoms with Crippen LogP contribution in [0.4, 0.5) is 4.39 Å². The molecule has 0 bridgehead atoms. The van der Waals surface area contributed by atoms with Crippen molar-refractivity contribution in [2.24, 2.45) is 5.73 Å². The summed E-state index contributed by atoms with van der Waals surface area (Å²) in [5.74, 6) is -0.714. The van der Waals surface area contributed by atoms with Gasteiger partial charge in [0.05, 0.1) is 17.7 Å². The van der Waals surface area contributed by atoms with Gasteiger partial charge in [0, 0.05) is 25.2 Å². The van der Waals surface area contributed by atoms with Gasteiger partial charge in [-0.05, 0) is 18.2 Å². The van der Waals surface area contributed by atoms with Gasteiger partial charge in [0.15, 0.2) is 0 Å². The summed E-state index contributed by atoms with van der Waals surface area (Å²) in [5, 5.41) is -0.0514. The average Bonchev–Trinajstić information content (AvgIpc) is 2.41. The predicted molar refractivity (Wildman–Crippen MR) is 73.4 cm³/mol. The van der Waals surface area contributed by atoms with Crippen molar-refractivity contribution >= 4 is 29.9 Å². The fourth-order valence-corrected chi connectivity index (χ4v) is 2.04. The lowest BCUT2D eigenvalue weighted by molar-refractivity contribution is -0.0167. The van der Waals surface area contributed by atoms with Crippen LogP contribution in [0, 0.1) is 5.82 Å². The van der Waals surface area contributed by atoms with Gasteiger partial charge in [-0.3, -0.25) is 4.79 Å². The van der Waals surface area contributed by atoms with E-state index in [1.807, 2.05) is 0 Å². The summed E-state index contributed by atoms with van der Waals surface area (Å²) in [6.07, 6.45) is -0.140. The van der Waals surface area contributed by atoms with Crippen LogP contribution in [0.5, 0.6) is 0 Å². The second-order valence-electron chi connectivity index (χ2n) is 4.11. The number of benzene rings is 1. The molecule has 4 nitrogen and oxygen atoms in total. The highest BCUT2D eigenvalue weighted by Crippen LogP contribution is 2.18. The Morgan fingerprint density at radius 3 is 2.95 bits per heavy atom. The van der Waals surface area contributed by atoms with Gasteiger partial charge >= 0.3 is 0 Å². The summed E-state index contributed by atoms with van der Waals surface area (Å²) in [6.45, 7) is 1.78. The molecule has 106 valence electrons. The van der Waals surface area contributed by atoms with E-state index in [1.54, 1.807) is 4.90 Å². The summed E-state index contributed by atoms with van der Waals surface area (Å²) in [7, 11) is 0. The lowest BCUT2D eigenvalue weighted by atomic mass is 10.1. The molecular formula is C12H15Cl2FN2O2. The van der Waals surface area contributed by atoms with Crippen LogP contribution in [0.2, 0.25) is 5.02 Å². The van der Waals surface area contributed by atoms with E-state index in [-0.39, 0.29) is 29.4 Å². The highest BCUT2D eigenvalue weighted by atomic mass is 35.5. The van der Waals surface area contributed by atoms with Crippen molar-refractivity contribution in [3.8, 4) is 0 Å². The monoisotopic (exact) mass is 308 g/mol. The summed E-state index contributed by atoms with van der Waals surface area (Å²) >= 11 is 5.66. The third-order valence-electron chi connectivity index (χ3n) is 2.86. The zero-order valence-electron chi connectivity index (χ0n) is 10.1. The molecule has 0 aliphatic carbocycles. The fourth-order valence-electron chi connectivity index (χ4n) is 1.86. The number of ether oxygens (including phenoxy) is 1. The Labute approximate surface area is 122 Å². The van der Waals surface area contributed by atoms with Crippen LogP contribution in [0.1, 0.15) is 10.4 Å². The zero-order chi connectivity index (χ0) is 13.1. The largest absolute Gasteiger partial charge is 0.373 e. The third-order valence-corrected chi connectivity index (χ3v) is 3.15. The van der Waals surface area contributed by atoms with E-state index in [0.29, 0.717) is 31.8 Å². The fraction of sp³-hybridized carbons (Fsp3) is 0.417. The van der Waals surface area contributed by atoms with Gasteiger partial charge in [-0.1, -0.05) is 11.6 Å². The molecule has 1 aliphatic heterocycles. The van der Waals surface area contributed by atoms with Gasteiger partial charge in [0.2, 0.25) is 0 Å². The van der Waals surface area contributed by atoms with Crippen molar-refractivity contribution in [3.63, 3.8) is 0 Å². The quantitative estimate of drug-likeness (QED) is 0.905. The molecular weight excluding hydrogens is 294 g/mol. The van der Waals surface area contributed by atoms with Crippen LogP contribution in [0.3, 0.4) is 0 Å². The second kappa shape index (κ2) is 7.05. The molecule has 0 spiro atoms. The Bertz CT molecular complexity index is 459. The van der Waals surface area contributed by atoms with E-state index in [0.717, 1.165) is 0 Å². The number of nitrogens with zero attached hydrogens (tertiary/aromatic N) is 1. The Morgan fingerprint density at radius 2 is 2.32 bits per heavy atom. The first kappa shape index (κ1) is 16.2. The minimum Gasteiger partial charge on any atom is -0.373 e. The topological polar surface area (TPSA) is 55.6 Å². The van der Waals surface area contributed by atoms with Crippen molar-refractivity contribution in [2.75, 3.05) is 26.2 Å². The molecule has 7 heteroatoms. The van der Waals surface area contributed by atoms with Crippen molar-refractivity contribution in [2.45, 2.75) is 6.10 Å². The molecule has 1 aromatic rings. The van der Waals surface area contributed by atoms with Crippen molar-refractivity contribution in [3.05, 3.63) is 34.6 Å². The number of morpholine rings is 1. The molecule has 1 heterocycles. The minimum absolute atomic E-state index is 0. The van der Waals surface area contributed by atoms with Crippen molar-refractivity contribution < 1.29 is 13.9 Å². The molecule has 1 fully saturated rings. The van der Waals surface area contributed by atoms with E-state index in [4.69, 9.17) is 22.1 Å². The van der Waals surface area contributed by atoms with Gasteiger partial charge in [-0.15, -0.1) is 12.4 Å². The normalized spacial score (nSPS) is 18.9. The predicted octanol–water partition coefficient (Wildman–Crippen LogP) is 1.70. The van der Waals surface area contributed by atoms with E-state index >= 15 is 0 Å². The van der Waals surface area contributed by atoms with E-state index in [1.165, 1.54) is 18.2 Å². The SMILES string of the molecule is Cl.NCC1CN(C(=O)c2ccc(F)c(Cl)c2)CCO1. The maximum atomic E-state index is 13.0. The van der Waals surface area contributed by atoms with Crippen molar-refractivity contribution in [1.29, 1.82) is 0 Å². The number of hydrogen-bond donors (Lipinski definition) is 1. The summed E-state index contributed by atoms with van der Waals surface area (Å²) < 4.78 is 18.4. The molecule has 2 N–H and O–H groups in total. The first-order chi connectivity index (χ1) is 8.61. The van der Waals surface area contributed by atoms with E-state index < -0.39 is 5.82 Å². The van der Waals surface area contributed by atoms with Gasteiger partial charge in [-0.25, -0.2) is 4.39 Å². The lowest BCUT2D eigenvalue weighted by Gasteiger charge is -2.32. The summed E-state index contributed by atoms with van der Waals surface area (Å²) in [4.78, 5) is 13.8. The van der Waals surface area contributed by atoms with Crippen molar-refractivity contribution in [1.82, 2.24) is 4.90 Å². The van der Waals surface area contributed by atoms with Crippen LogP contribution in [-0.4, -0.2) is 43.2 Å². The number of carbonyl (C=O) groups excluding carboxylic acids is 1. The van der Waals surface area contributed by atoms with Crippen LogP contribution in [-0.2, 0) is 4.74 Å². The van der Waals surface area contributed by atoms with Crippen LogP contribution >= 0.6 is 24.0 Å². The summed E-state index contributed by atoms with van der Waals surface area (Å²) in [5.41, 5.74) is 5.89. The highest BCUT2D eigenvalue weighted by Gasteiger charge is 2.24. The third kappa shape index (κ3) is 3.79. The van der Waals surface area contributed by atoms with E-state index in [9.17, 15) is 9.18 Å². The molecule has 19 heavy (non-hydrogen) atoms. The maximum absolute atomic E-state index is 13.0. The molecule has 0 radical (unpaired) electrons. The van der Waals surface area contributed by atoms with Gasteiger partial charge < -0.3 is 15.4 Å². The summed E-state index contributed by atoms with van der Waals surface area (Å²) in [6, 6.07) is 3.96. The van der Waals surface area contributed by atoms with Gasteiger partial charge in [0.1, 0.15) is 5.82 Å². The number of carbonyl (C=O) groups is 1. The number of nitrogens with two attached hydrogens (primary N) is 1. The Kier molecular flexibility index (Phi) is 6.00. The first-order valence-corrected chi connectivity index (χ1v) is 6.05. The standard InChI is InChI=1S/C12H14ClFN2O2.ClH/c13-10-5-8(1-2-11(10)14)12(17)16-3-4-18-9(6-15)7-16;/h1-2,5,9H,3-4,6-7,15H2;1H. The van der Waals surface area contributed by atoms with Gasteiger partial charge in [0.25, 0.3) is 5.91 Å². The molecule has 1 unspecified atom stereocenters. The minimum atomic E-state index is -0.532. The number of amides is 1. The Morgan fingerprint density at radius 1 is 1.58 bits per heavy atom. The van der Waals surface area contributed by atoms with Crippen LogP contribution in [0.15, 0.2) is 18.2 Å². The second-order valence-corrected chi connectivity index (χ2v) is 4.52. The molecule has 1 aromatic carbocycles. The molecule has 0 aromatic heterocycles. The number of rotatable bonds is 2. The lowest BCUT2D eigenvalue weighted by Crippen LogP contribution is -2.48. The molecule has 1 aliphatic rings. The molecule has 1 saturated heterocycles. The Balaban J connectivity index is 0.00000180. The molecule has 1 atom stereocenters. The number of hydrogen-bond acceptors (Lipinski definition) is 3. The zero-order valence-corrected chi connectivity index (χ0v) is 11.7. The van der Waals surface area contributed by atoms with Crippen LogP contribution < -0.4 is 5.73 Å². The van der Waals surface area contributed by atoms with E-state index in [2.05, 4.69) is 0 Å². The average molecular weight is 309 g/mol. The smallest absolute Gasteiger partial charge is 0.254 e. The molecule has 0 saturated carbocycles. The molecule has 1 amide bonds. The number of halogens is 3. The van der Waals surface area contributed by atoms with Crippen LogP contribution in [0.25, 0.3) is 0 Å². The highest BCUT2D eigenvalue weighted by molar-refractivity contribution is 6.31. The van der Waals surface area contributed by atoms with Gasteiger partial charge in [-0.2, -0.15) is 0 Å². The molecule has 2 rings (SSSR count). The first-order valence-electron chi connectivity index (χ1n) is 5.68. The Hall–Kier alpha value is -0.880.